The van der Waals surface area contributed by atoms with Crippen LogP contribution in [0.2, 0.25) is 0 Å². The Balaban J connectivity index is 2.83. The fraction of sp³-hybridized carbons (Fsp3) is 0.680. The third kappa shape index (κ3) is 9.43. The van der Waals surface area contributed by atoms with Gasteiger partial charge in [-0.2, -0.15) is 0 Å². The summed E-state index contributed by atoms with van der Waals surface area (Å²) in [5, 5.41) is 0. The lowest BCUT2D eigenvalue weighted by molar-refractivity contribution is -0.416. The topological polar surface area (TPSA) is 36.9 Å². The van der Waals surface area contributed by atoms with Gasteiger partial charge in [0.05, 0.1) is 6.61 Å². The maximum absolute atomic E-state index is 6.35. The Kier molecular flexibility index (Phi) is 13.9. The van der Waals surface area contributed by atoms with Crippen LogP contribution >= 0.6 is 0 Å². The van der Waals surface area contributed by atoms with E-state index in [0.717, 1.165) is 24.0 Å². The van der Waals surface area contributed by atoms with Crippen LogP contribution in [0.3, 0.4) is 0 Å². The Hall–Kier alpha value is -1.20. The van der Waals surface area contributed by atoms with Gasteiger partial charge in [0.15, 0.2) is 0 Å². The third-order valence-corrected chi connectivity index (χ3v) is 4.92. The third-order valence-electron chi connectivity index (χ3n) is 4.92. The van der Waals surface area contributed by atoms with E-state index in [-0.39, 0.29) is 6.10 Å². The van der Waals surface area contributed by atoms with Crippen molar-refractivity contribution in [3.8, 4) is 0 Å². The summed E-state index contributed by atoms with van der Waals surface area (Å²) in [6, 6.07) is 8.25. The Morgan fingerprint density at radius 2 is 1.38 bits per heavy atom. The van der Waals surface area contributed by atoms with Gasteiger partial charge in [0.1, 0.15) is 6.10 Å². The van der Waals surface area contributed by atoms with Gasteiger partial charge in [-0.15, -0.1) is 0 Å². The minimum absolute atomic E-state index is 0.285. The zero-order valence-corrected chi connectivity index (χ0v) is 19.1. The van der Waals surface area contributed by atoms with Crippen molar-refractivity contribution >= 4 is 6.08 Å². The fourth-order valence-electron chi connectivity index (χ4n) is 3.43. The van der Waals surface area contributed by atoms with Gasteiger partial charge in [-0.25, -0.2) is 0 Å². The summed E-state index contributed by atoms with van der Waals surface area (Å²) in [5.41, 5.74) is 2.21. The summed E-state index contributed by atoms with van der Waals surface area (Å²) < 4.78 is 24.4. The Morgan fingerprint density at radius 1 is 0.828 bits per heavy atom. The number of ether oxygens (including phenoxy) is 4. The average Bonchev–Trinajstić information content (AvgIpc) is 2.73. The average molecular weight is 407 g/mol. The van der Waals surface area contributed by atoms with Crippen LogP contribution in [0.4, 0.5) is 0 Å². The van der Waals surface area contributed by atoms with E-state index in [4.69, 9.17) is 18.9 Å². The van der Waals surface area contributed by atoms with Crippen molar-refractivity contribution < 1.29 is 18.9 Å². The first kappa shape index (κ1) is 25.8. The monoisotopic (exact) mass is 406 g/mol. The molecule has 0 aliphatic heterocycles. The van der Waals surface area contributed by atoms with E-state index < -0.39 is 5.97 Å². The fourth-order valence-corrected chi connectivity index (χ4v) is 3.43. The highest BCUT2D eigenvalue weighted by Gasteiger charge is 2.43. The highest BCUT2D eigenvalue weighted by molar-refractivity contribution is 5.47. The van der Waals surface area contributed by atoms with Crippen LogP contribution in [-0.2, 0) is 25.6 Å². The van der Waals surface area contributed by atoms with Crippen molar-refractivity contribution in [3.63, 3.8) is 0 Å². The van der Waals surface area contributed by atoms with E-state index >= 15 is 0 Å². The molecule has 0 aromatic heterocycles. The van der Waals surface area contributed by atoms with E-state index in [2.05, 4.69) is 37.8 Å². The number of benzene rings is 1. The second-order valence-electron chi connectivity index (χ2n) is 7.20. The SMILES string of the molecule is C=Cc1ccc(COC(CCCCCCCC)C(OCC)(OCC)OCC)cc1. The lowest BCUT2D eigenvalue weighted by Crippen LogP contribution is -2.51. The molecule has 0 saturated carbocycles. The molecule has 0 N–H and O–H groups in total. The largest absolute Gasteiger partial charge is 0.365 e. The molecule has 1 aromatic carbocycles. The Morgan fingerprint density at radius 3 is 1.90 bits per heavy atom. The molecular weight excluding hydrogens is 364 g/mol. The van der Waals surface area contributed by atoms with Crippen molar-refractivity contribution in [2.75, 3.05) is 19.8 Å². The van der Waals surface area contributed by atoms with Crippen molar-refractivity contribution in [2.45, 2.75) is 91.3 Å². The zero-order chi connectivity index (χ0) is 21.4. The first-order chi connectivity index (χ1) is 14.2. The van der Waals surface area contributed by atoms with E-state index in [9.17, 15) is 0 Å². The summed E-state index contributed by atoms with van der Waals surface area (Å²) in [7, 11) is 0. The molecular formula is C25H42O4. The molecule has 0 spiro atoms. The number of unbranched alkanes of at least 4 members (excludes halogenated alkanes) is 5. The minimum atomic E-state index is -1.15. The molecule has 0 aliphatic carbocycles. The van der Waals surface area contributed by atoms with E-state index in [1.54, 1.807) is 0 Å². The van der Waals surface area contributed by atoms with Gasteiger partial charge in [-0.05, 0) is 38.3 Å². The van der Waals surface area contributed by atoms with E-state index in [0.29, 0.717) is 26.4 Å². The molecule has 1 aromatic rings. The lowest BCUT2D eigenvalue weighted by Gasteiger charge is -2.38. The maximum atomic E-state index is 6.35. The Labute approximate surface area is 178 Å². The summed E-state index contributed by atoms with van der Waals surface area (Å²) >= 11 is 0. The minimum Gasteiger partial charge on any atom is -0.365 e. The van der Waals surface area contributed by atoms with Crippen LogP contribution in [0.5, 0.6) is 0 Å². The van der Waals surface area contributed by atoms with Gasteiger partial charge >= 0.3 is 5.97 Å². The van der Waals surface area contributed by atoms with Crippen molar-refractivity contribution in [2.24, 2.45) is 0 Å². The van der Waals surface area contributed by atoms with Crippen molar-refractivity contribution in [3.05, 3.63) is 42.0 Å². The van der Waals surface area contributed by atoms with Crippen LogP contribution in [0.25, 0.3) is 6.08 Å². The van der Waals surface area contributed by atoms with E-state index in [1.165, 1.54) is 32.1 Å². The summed E-state index contributed by atoms with van der Waals surface area (Å²) in [5.74, 6) is -1.15. The molecule has 0 saturated heterocycles. The van der Waals surface area contributed by atoms with Crippen LogP contribution in [0, 0.1) is 0 Å². The molecule has 29 heavy (non-hydrogen) atoms. The van der Waals surface area contributed by atoms with Crippen molar-refractivity contribution in [1.82, 2.24) is 0 Å². The van der Waals surface area contributed by atoms with Gasteiger partial charge in [-0.1, -0.05) is 82.4 Å². The predicted molar refractivity (Wildman–Crippen MR) is 121 cm³/mol. The van der Waals surface area contributed by atoms with Gasteiger partial charge in [0.25, 0.3) is 0 Å². The normalized spacial score (nSPS) is 12.8. The Bertz CT molecular complexity index is 509. The molecule has 4 heteroatoms. The molecule has 0 aliphatic rings. The molecule has 0 amide bonds. The zero-order valence-electron chi connectivity index (χ0n) is 19.1. The van der Waals surface area contributed by atoms with Crippen LogP contribution in [0.1, 0.15) is 83.8 Å². The molecule has 0 fully saturated rings. The van der Waals surface area contributed by atoms with Gasteiger partial charge in [0, 0.05) is 19.8 Å². The number of hydrogen-bond donors (Lipinski definition) is 0. The molecule has 0 heterocycles. The second-order valence-corrected chi connectivity index (χ2v) is 7.20. The quantitative estimate of drug-likeness (QED) is 0.200. The standard InChI is InChI=1S/C25H42O4/c1-6-11-12-13-14-15-16-24(25(27-8-3,28-9-4)29-10-5)26-21-23-19-17-22(7-2)18-20-23/h7,17-20,24H,2,6,8-16,21H2,1,3-5H3. The molecule has 1 atom stereocenters. The first-order valence-electron chi connectivity index (χ1n) is 11.4. The molecule has 1 rings (SSSR count). The number of hydrogen-bond acceptors (Lipinski definition) is 4. The summed E-state index contributed by atoms with van der Waals surface area (Å²) in [6.45, 7) is 13.9. The molecule has 0 radical (unpaired) electrons. The summed E-state index contributed by atoms with van der Waals surface area (Å²) in [4.78, 5) is 0. The van der Waals surface area contributed by atoms with Gasteiger partial charge in [-0.3, -0.25) is 0 Å². The lowest BCUT2D eigenvalue weighted by atomic mass is 10.1. The first-order valence-corrected chi connectivity index (χ1v) is 11.4. The predicted octanol–water partition coefficient (Wildman–Crippen LogP) is 6.73. The van der Waals surface area contributed by atoms with Crippen molar-refractivity contribution in [1.29, 1.82) is 0 Å². The summed E-state index contributed by atoms with van der Waals surface area (Å²) in [6.07, 6.45) is 9.78. The molecule has 1 unspecified atom stereocenters. The smallest absolute Gasteiger partial charge is 0.310 e. The molecule has 166 valence electrons. The molecule has 0 bridgehead atoms. The highest BCUT2D eigenvalue weighted by atomic mass is 16.9. The number of rotatable bonds is 18. The van der Waals surface area contributed by atoms with Gasteiger partial charge < -0.3 is 18.9 Å². The molecule has 4 nitrogen and oxygen atoms in total. The van der Waals surface area contributed by atoms with E-state index in [1.807, 2.05) is 26.8 Å². The maximum Gasteiger partial charge on any atom is 0.310 e. The highest BCUT2D eigenvalue weighted by Crippen LogP contribution is 2.28. The second kappa shape index (κ2) is 15.6. The van der Waals surface area contributed by atoms with Gasteiger partial charge in [0.2, 0.25) is 0 Å². The van der Waals surface area contributed by atoms with Crippen LogP contribution in [0.15, 0.2) is 30.8 Å². The van der Waals surface area contributed by atoms with Crippen LogP contribution < -0.4 is 0 Å². The van der Waals surface area contributed by atoms with Crippen LogP contribution in [-0.4, -0.2) is 31.9 Å².